The molecule has 0 aromatic heterocycles. The predicted octanol–water partition coefficient (Wildman–Crippen LogP) is 2.08. The number of hydrogen-bond acceptors (Lipinski definition) is 4. The van der Waals surface area contributed by atoms with Crippen LogP contribution in [-0.4, -0.2) is 8.42 Å². The summed E-state index contributed by atoms with van der Waals surface area (Å²) in [4.78, 5) is -0.397. The van der Waals surface area contributed by atoms with Crippen LogP contribution >= 0.6 is 0 Å². The molecule has 0 unspecified atom stereocenters. The monoisotopic (exact) mass is 317 g/mol. The van der Waals surface area contributed by atoms with Crippen molar-refractivity contribution in [2.45, 2.75) is 4.90 Å². The molecule has 21 heavy (non-hydrogen) atoms. The van der Waals surface area contributed by atoms with E-state index in [0.717, 1.165) is 6.07 Å². The zero-order valence-electron chi connectivity index (χ0n) is 10.4. The SMILES string of the molecule is Nc1ccc(Nc2cc(F)c(F)cc2F)c(S(N)(=O)=O)c1. The highest BCUT2D eigenvalue weighted by Crippen LogP contribution is 2.28. The molecule has 9 heteroatoms. The van der Waals surface area contributed by atoms with Crippen LogP contribution in [0.25, 0.3) is 0 Å². The van der Waals surface area contributed by atoms with Crippen molar-refractivity contribution in [2.24, 2.45) is 5.14 Å². The van der Waals surface area contributed by atoms with E-state index in [1.54, 1.807) is 0 Å². The average molecular weight is 317 g/mol. The molecule has 0 fully saturated rings. The number of halogens is 3. The fraction of sp³-hybridized carbons (Fsp3) is 0. The molecule has 2 rings (SSSR count). The number of nitrogens with one attached hydrogen (secondary N) is 1. The van der Waals surface area contributed by atoms with Crippen molar-refractivity contribution in [3.63, 3.8) is 0 Å². The van der Waals surface area contributed by atoms with Gasteiger partial charge in [0.25, 0.3) is 0 Å². The lowest BCUT2D eigenvalue weighted by molar-refractivity contribution is 0.496. The van der Waals surface area contributed by atoms with Crippen molar-refractivity contribution in [2.75, 3.05) is 11.1 Å². The van der Waals surface area contributed by atoms with E-state index >= 15 is 0 Å². The van der Waals surface area contributed by atoms with Gasteiger partial charge in [-0.05, 0) is 18.2 Å². The minimum Gasteiger partial charge on any atom is -0.399 e. The number of benzene rings is 2. The van der Waals surface area contributed by atoms with Crippen LogP contribution in [0.4, 0.5) is 30.2 Å². The fourth-order valence-electron chi connectivity index (χ4n) is 1.64. The molecule has 0 amide bonds. The maximum atomic E-state index is 13.5. The predicted molar refractivity (Wildman–Crippen MR) is 71.8 cm³/mol. The molecule has 0 saturated carbocycles. The maximum absolute atomic E-state index is 13.5. The van der Waals surface area contributed by atoms with Gasteiger partial charge in [0.05, 0.1) is 11.4 Å². The van der Waals surface area contributed by atoms with E-state index in [2.05, 4.69) is 5.32 Å². The third kappa shape index (κ3) is 3.26. The second-order valence-electron chi connectivity index (χ2n) is 4.17. The molecular formula is C12H10F3N3O2S. The second kappa shape index (κ2) is 5.26. The molecule has 112 valence electrons. The largest absolute Gasteiger partial charge is 0.399 e. The Hall–Kier alpha value is -2.26. The van der Waals surface area contributed by atoms with Gasteiger partial charge in [-0.15, -0.1) is 0 Å². The summed E-state index contributed by atoms with van der Waals surface area (Å²) < 4.78 is 62.4. The van der Waals surface area contributed by atoms with E-state index < -0.39 is 38.1 Å². The smallest absolute Gasteiger partial charge is 0.240 e. The lowest BCUT2D eigenvalue weighted by Crippen LogP contribution is -2.14. The summed E-state index contributed by atoms with van der Waals surface area (Å²) in [5, 5.41) is 7.37. The van der Waals surface area contributed by atoms with Crippen molar-refractivity contribution in [1.29, 1.82) is 0 Å². The number of rotatable bonds is 3. The lowest BCUT2D eigenvalue weighted by atomic mass is 10.2. The molecule has 2 aromatic rings. The van der Waals surface area contributed by atoms with Crippen LogP contribution in [0.2, 0.25) is 0 Å². The molecule has 0 radical (unpaired) electrons. The van der Waals surface area contributed by atoms with E-state index in [-0.39, 0.29) is 11.4 Å². The van der Waals surface area contributed by atoms with Gasteiger partial charge in [0.15, 0.2) is 11.6 Å². The van der Waals surface area contributed by atoms with Gasteiger partial charge in [0.1, 0.15) is 10.7 Å². The molecule has 0 aliphatic heterocycles. The lowest BCUT2D eigenvalue weighted by Gasteiger charge is -2.12. The summed E-state index contributed by atoms with van der Waals surface area (Å²) >= 11 is 0. The van der Waals surface area contributed by atoms with Gasteiger partial charge in [-0.25, -0.2) is 26.7 Å². The van der Waals surface area contributed by atoms with Crippen molar-refractivity contribution in [3.05, 3.63) is 47.8 Å². The van der Waals surface area contributed by atoms with Crippen LogP contribution in [0, 0.1) is 17.5 Å². The molecule has 0 aliphatic rings. The van der Waals surface area contributed by atoms with Crippen molar-refractivity contribution < 1.29 is 21.6 Å². The summed E-state index contributed by atoms with van der Waals surface area (Å²) in [6, 6.07) is 4.54. The quantitative estimate of drug-likeness (QED) is 0.596. The molecule has 0 aliphatic carbocycles. The first-order valence-corrected chi connectivity index (χ1v) is 7.07. The number of sulfonamides is 1. The number of nitrogens with two attached hydrogens (primary N) is 2. The van der Waals surface area contributed by atoms with Crippen molar-refractivity contribution >= 4 is 27.1 Å². The Labute approximate surface area is 118 Å². The zero-order chi connectivity index (χ0) is 15.8. The highest BCUT2D eigenvalue weighted by Gasteiger charge is 2.17. The van der Waals surface area contributed by atoms with Crippen LogP contribution in [0.15, 0.2) is 35.2 Å². The molecule has 0 bridgehead atoms. The number of hydrogen-bond donors (Lipinski definition) is 3. The highest BCUT2D eigenvalue weighted by molar-refractivity contribution is 7.89. The van der Waals surface area contributed by atoms with E-state index in [1.807, 2.05) is 0 Å². The Morgan fingerprint density at radius 2 is 1.52 bits per heavy atom. The van der Waals surface area contributed by atoms with Gasteiger partial charge in [-0.2, -0.15) is 0 Å². The van der Waals surface area contributed by atoms with Gasteiger partial charge >= 0.3 is 0 Å². The molecule has 0 heterocycles. The first-order valence-electron chi connectivity index (χ1n) is 5.52. The minimum absolute atomic E-state index is 0.114. The van der Waals surface area contributed by atoms with Crippen LogP contribution in [0.3, 0.4) is 0 Å². The second-order valence-corrected chi connectivity index (χ2v) is 5.70. The highest BCUT2D eigenvalue weighted by atomic mass is 32.2. The molecule has 0 saturated heterocycles. The van der Waals surface area contributed by atoms with Gasteiger partial charge in [0.2, 0.25) is 10.0 Å². The Morgan fingerprint density at radius 3 is 2.14 bits per heavy atom. The number of primary sulfonamides is 1. The standard InChI is InChI=1S/C12H10F3N3O2S/c13-7-4-9(15)11(5-8(7)14)18-10-2-1-6(16)3-12(10)21(17,19)20/h1-5,18H,16H2,(H2,17,19,20). The molecule has 0 atom stereocenters. The van der Waals surface area contributed by atoms with Gasteiger partial charge < -0.3 is 11.1 Å². The van der Waals surface area contributed by atoms with E-state index in [4.69, 9.17) is 10.9 Å². The third-order valence-corrected chi connectivity index (χ3v) is 3.54. The van der Waals surface area contributed by atoms with Crippen LogP contribution in [0.1, 0.15) is 0 Å². The molecule has 0 spiro atoms. The molecule has 2 aromatic carbocycles. The number of anilines is 3. The summed E-state index contributed by atoms with van der Waals surface area (Å²) in [7, 11) is -4.14. The minimum atomic E-state index is -4.14. The Bertz CT molecular complexity index is 810. The van der Waals surface area contributed by atoms with Gasteiger partial charge in [-0.3, -0.25) is 0 Å². The molecule has 5 N–H and O–H groups in total. The van der Waals surface area contributed by atoms with E-state index in [1.165, 1.54) is 12.1 Å². The van der Waals surface area contributed by atoms with E-state index in [0.29, 0.717) is 12.1 Å². The fourth-order valence-corrected chi connectivity index (χ4v) is 2.37. The first-order chi connectivity index (χ1) is 9.68. The average Bonchev–Trinajstić information content (AvgIpc) is 2.36. The van der Waals surface area contributed by atoms with Crippen LogP contribution < -0.4 is 16.2 Å². The molecule has 5 nitrogen and oxygen atoms in total. The maximum Gasteiger partial charge on any atom is 0.240 e. The summed E-state index contributed by atoms with van der Waals surface area (Å²) in [5.41, 5.74) is 5.03. The molecular weight excluding hydrogens is 307 g/mol. The first kappa shape index (κ1) is 15.1. The van der Waals surface area contributed by atoms with Gasteiger partial charge in [-0.1, -0.05) is 0 Å². The van der Waals surface area contributed by atoms with Crippen LogP contribution in [0.5, 0.6) is 0 Å². The number of nitrogen functional groups attached to an aromatic ring is 1. The summed E-state index contributed by atoms with van der Waals surface area (Å²) in [6.45, 7) is 0. The topological polar surface area (TPSA) is 98.2 Å². The van der Waals surface area contributed by atoms with Crippen LogP contribution in [-0.2, 0) is 10.0 Å². The summed E-state index contributed by atoms with van der Waals surface area (Å²) in [5.74, 6) is -3.74. The van der Waals surface area contributed by atoms with E-state index in [9.17, 15) is 21.6 Å². The van der Waals surface area contributed by atoms with Crippen molar-refractivity contribution in [3.8, 4) is 0 Å². The Balaban J connectivity index is 2.53. The summed E-state index contributed by atoms with van der Waals surface area (Å²) in [6.07, 6.45) is 0. The third-order valence-electron chi connectivity index (χ3n) is 2.59. The van der Waals surface area contributed by atoms with Crippen molar-refractivity contribution in [1.82, 2.24) is 0 Å². The Kier molecular flexibility index (Phi) is 3.79. The zero-order valence-corrected chi connectivity index (χ0v) is 11.2. The Morgan fingerprint density at radius 1 is 0.905 bits per heavy atom. The van der Waals surface area contributed by atoms with Gasteiger partial charge in [0, 0.05) is 17.8 Å². The normalized spacial score (nSPS) is 11.4.